The second-order valence-electron chi connectivity index (χ2n) is 8.69. The monoisotopic (exact) mass is 568 g/mol. The first-order valence-corrected chi connectivity index (χ1v) is 12.5. The van der Waals surface area contributed by atoms with Crippen LogP contribution in [0, 0.1) is 9.54 Å². The van der Waals surface area contributed by atoms with Gasteiger partial charge in [0.05, 0.1) is 35.3 Å². The molecule has 13 heteroatoms. The van der Waals surface area contributed by atoms with Crippen LogP contribution in [-0.4, -0.2) is 41.7 Å². The smallest absolute Gasteiger partial charge is 0.262 e. The maximum atomic E-state index is 13.5. The summed E-state index contributed by atoms with van der Waals surface area (Å²) in [4.78, 5) is 27.0. The van der Waals surface area contributed by atoms with Crippen LogP contribution < -0.4 is 20.6 Å². The number of nitrogens with zero attached hydrogens (tertiary/aromatic N) is 4. The van der Waals surface area contributed by atoms with Crippen LogP contribution >= 0.6 is 36.0 Å². The fraction of sp³-hybridized carbons (Fsp3) is 0.417. The molecule has 37 heavy (non-hydrogen) atoms. The van der Waals surface area contributed by atoms with E-state index < -0.39 is 28.8 Å². The number of halogens is 1. The van der Waals surface area contributed by atoms with E-state index in [1.165, 1.54) is 59.6 Å². The van der Waals surface area contributed by atoms with Gasteiger partial charge >= 0.3 is 0 Å². The molecule has 0 radical (unpaired) electrons. The molecule has 3 aromatic rings. The number of benzene rings is 1. The van der Waals surface area contributed by atoms with Crippen LogP contribution in [-0.2, 0) is 28.2 Å². The predicted octanol–water partition coefficient (Wildman–Crippen LogP) is 3.65. The first-order valence-electron chi connectivity index (χ1n) is 11.3. The molecule has 1 aromatic carbocycles. The fourth-order valence-electron chi connectivity index (χ4n) is 4.01. The van der Waals surface area contributed by atoms with Gasteiger partial charge in [0.15, 0.2) is 21.0 Å². The van der Waals surface area contributed by atoms with Gasteiger partial charge in [-0.15, -0.1) is 0 Å². The van der Waals surface area contributed by atoms with Gasteiger partial charge in [-0.1, -0.05) is 18.5 Å². The lowest BCUT2D eigenvalue weighted by atomic mass is 9.86. The highest BCUT2D eigenvalue weighted by Crippen LogP contribution is 2.44. The van der Waals surface area contributed by atoms with Gasteiger partial charge in [-0.3, -0.25) is 27.9 Å². The third kappa shape index (κ3) is 4.80. The average Bonchev–Trinajstić information content (AvgIpc) is 2.88. The number of hydrogen-bond acceptors (Lipinski definition) is 8. The molecule has 200 valence electrons. The lowest BCUT2D eigenvalue weighted by Gasteiger charge is -2.24. The lowest BCUT2D eigenvalue weighted by Crippen LogP contribution is -2.33. The zero-order chi connectivity index (χ0) is 27.9. The van der Waals surface area contributed by atoms with Gasteiger partial charge in [-0.05, 0) is 55.5 Å². The third-order valence-electron chi connectivity index (χ3n) is 6.39. The van der Waals surface area contributed by atoms with E-state index in [2.05, 4.69) is 0 Å². The molecule has 0 saturated heterocycles. The van der Waals surface area contributed by atoms with Crippen LogP contribution in [0.15, 0.2) is 21.7 Å². The summed E-state index contributed by atoms with van der Waals surface area (Å²) in [5.41, 5.74) is -1.43. The molecule has 2 N–H and O–H groups in total. The van der Waals surface area contributed by atoms with Crippen molar-refractivity contribution in [3.63, 3.8) is 0 Å². The Labute approximate surface area is 228 Å². The van der Waals surface area contributed by atoms with Crippen LogP contribution in [0.4, 0.5) is 0 Å². The van der Waals surface area contributed by atoms with E-state index in [0.717, 1.165) is 0 Å². The molecule has 0 aliphatic rings. The quantitative estimate of drug-likeness (QED) is 0.415. The Bertz CT molecular complexity index is 1540. The van der Waals surface area contributed by atoms with Crippen LogP contribution in [0.1, 0.15) is 42.9 Å². The van der Waals surface area contributed by atoms with Crippen molar-refractivity contribution in [2.45, 2.75) is 32.3 Å². The molecule has 0 fully saturated rings. The fourth-order valence-corrected chi connectivity index (χ4v) is 4.61. The van der Waals surface area contributed by atoms with Crippen molar-refractivity contribution < 1.29 is 19.7 Å². The average molecular weight is 569 g/mol. The molecule has 3 rings (SSSR count). The molecule has 0 aliphatic heterocycles. The van der Waals surface area contributed by atoms with Crippen molar-refractivity contribution in [1.29, 1.82) is 0 Å². The third-order valence-corrected chi connectivity index (χ3v) is 7.77. The van der Waals surface area contributed by atoms with Crippen molar-refractivity contribution in [3.05, 3.63) is 64.1 Å². The van der Waals surface area contributed by atoms with E-state index in [0.29, 0.717) is 6.42 Å². The van der Waals surface area contributed by atoms with Gasteiger partial charge in [0.2, 0.25) is 11.8 Å². The second kappa shape index (κ2) is 10.7. The molecule has 0 unspecified atom stereocenters. The number of hydrogen-bond donors (Lipinski definition) is 2. The normalized spacial score (nSPS) is 12.1. The largest absolute Gasteiger partial charge is 0.494 e. The first kappa shape index (κ1) is 28.5. The molecule has 2 aromatic heterocycles. The summed E-state index contributed by atoms with van der Waals surface area (Å²) >= 11 is 17.2. The Morgan fingerprint density at radius 2 is 1.38 bits per heavy atom. The van der Waals surface area contributed by atoms with Crippen molar-refractivity contribution in [2.75, 3.05) is 7.11 Å². The minimum Gasteiger partial charge on any atom is -0.494 e. The van der Waals surface area contributed by atoms with Gasteiger partial charge < -0.3 is 19.7 Å². The maximum absolute atomic E-state index is 13.5. The molecule has 2 heterocycles. The molecule has 10 nitrogen and oxygen atoms in total. The summed E-state index contributed by atoms with van der Waals surface area (Å²) in [6.07, 6.45) is 0.545. The summed E-state index contributed by atoms with van der Waals surface area (Å²) in [7, 11) is 7.30. The SMILES string of the molecule is CC[C@@H](C)Oc1c(Cl)cc(C(c2c(O)n(C)c(=S)n(C)c2=O)c2c(O)n(C)c(=S)n(C)c2=O)cc1OC. The van der Waals surface area contributed by atoms with Gasteiger partial charge in [-0.2, -0.15) is 0 Å². The number of ether oxygens (including phenoxy) is 2. The van der Waals surface area contributed by atoms with Crippen LogP contribution in [0.5, 0.6) is 23.3 Å². The second-order valence-corrected chi connectivity index (χ2v) is 9.83. The minimum atomic E-state index is -1.29. The summed E-state index contributed by atoms with van der Waals surface area (Å²) in [6.45, 7) is 3.83. The molecule has 1 atom stereocenters. The predicted molar refractivity (Wildman–Crippen MR) is 146 cm³/mol. The zero-order valence-electron chi connectivity index (χ0n) is 21.5. The summed E-state index contributed by atoms with van der Waals surface area (Å²) in [6, 6.07) is 3.06. The highest BCUT2D eigenvalue weighted by molar-refractivity contribution is 7.71. The Hall–Kier alpha value is -3.09. The number of rotatable bonds is 7. The van der Waals surface area contributed by atoms with Crippen molar-refractivity contribution in [3.8, 4) is 23.3 Å². The van der Waals surface area contributed by atoms with E-state index >= 15 is 0 Å². The molecule has 0 amide bonds. The van der Waals surface area contributed by atoms with Crippen molar-refractivity contribution >= 4 is 36.0 Å². The minimum absolute atomic E-state index is 0.0569. The van der Waals surface area contributed by atoms with Gasteiger partial charge in [-0.25, -0.2) is 0 Å². The molecular weight excluding hydrogens is 540 g/mol. The van der Waals surface area contributed by atoms with Crippen molar-refractivity contribution in [2.24, 2.45) is 28.2 Å². The zero-order valence-corrected chi connectivity index (χ0v) is 23.9. The Kier molecular flexibility index (Phi) is 8.25. The van der Waals surface area contributed by atoms with Gasteiger partial charge in [0, 0.05) is 28.2 Å². The lowest BCUT2D eigenvalue weighted by molar-refractivity contribution is 0.207. The number of aromatic nitrogens is 4. The number of methoxy groups -OCH3 is 1. The highest BCUT2D eigenvalue weighted by Gasteiger charge is 2.33. The van der Waals surface area contributed by atoms with E-state index in [4.69, 9.17) is 45.5 Å². The van der Waals surface area contributed by atoms with Crippen LogP contribution in [0.3, 0.4) is 0 Å². The summed E-state index contributed by atoms with van der Waals surface area (Å²) in [5.74, 6) is -1.70. The summed E-state index contributed by atoms with van der Waals surface area (Å²) < 4.78 is 16.4. The van der Waals surface area contributed by atoms with Gasteiger partial charge in [0.25, 0.3) is 11.1 Å². The number of aromatic hydroxyl groups is 2. The van der Waals surface area contributed by atoms with E-state index in [-0.39, 0.29) is 48.9 Å². The molecular formula is C24H29ClN4O6S2. The van der Waals surface area contributed by atoms with E-state index in [1.807, 2.05) is 13.8 Å². The Morgan fingerprint density at radius 1 is 0.919 bits per heavy atom. The summed E-state index contributed by atoms with van der Waals surface area (Å²) in [5, 5.41) is 22.4. The molecule has 0 spiro atoms. The van der Waals surface area contributed by atoms with E-state index in [1.54, 1.807) is 6.07 Å². The Morgan fingerprint density at radius 3 is 1.78 bits per heavy atom. The van der Waals surface area contributed by atoms with Gasteiger partial charge in [0.1, 0.15) is 0 Å². The van der Waals surface area contributed by atoms with Crippen LogP contribution in [0.2, 0.25) is 5.02 Å². The van der Waals surface area contributed by atoms with E-state index in [9.17, 15) is 19.8 Å². The first-order chi connectivity index (χ1) is 17.3. The molecule has 0 bridgehead atoms. The Balaban J connectivity index is 2.55. The van der Waals surface area contributed by atoms with Crippen LogP contribution in [0.25, 0.3) is 0 Å². The molecule has 0 saturated carbocycles. The molecule has 0 aliphatic carbocycles. The highest BCUT2D eigenvalue weighted by atomic mass is 35.5. The maximum Gasteiger partial charge on any atom is 0.262 e. The van der Waals surface area contributed by atoms with Crippen molar-refractivity contribution in [1.82, 2.24) is 18.3 Å². The topological polar surface area (TPSA) is 113 Å². The standard InChI is InChI=1S/C24H29ClN4O6S2/c1-8-11(2)35-18-13(25)9-12(10-14(18)34-7)15(16-19(30)26(3)23(36)27(4)20(16)31)17-21(32)28(5)24(37)29(6)22(17)33/h9-11,15,30,32H,8H2,1-7H3/t11-/m1/s1.